The van der Waals surface area contributed by atoms with Crippen molar-refractivity contribution in [2.24, 2.45) is 0 Å². The van der Waals surface area contributed by atoms with E-state index in [1.807, 2.05) is 24.0 Å². The maximum atomic E-state index is 4.49. The van der Waals surface area contributed by atoms with Crippen LogP contribution >= 0.6 is 11.8 Å². The Hall–Kier alpha value is -2.00. The van der Waals surface area contributed by atoms with Crippen LogP contribution < -0.4 is 0 Å². The molecule has 3 rings (SSSR count). The molecular weight excluding hydrogens is 276 g/mol. The number of thioether (sulfide) groups is 1. The average molecular weight is 294 g/mol. The van der Waals surface area contributed by atoms with Crippen molar-refractivity contribution in [3.05, 3.63) is 90.0 Å². The van der Waals surface area contributed by atoms with Crippen molar-refractivity contribution in [3.63, 3.8) is 0 Å². The largest absolute Gasteiger partial charge is 0.330 e. The summed E-state index contributed by atoms with van der Waals surface area (Å²) in [5, 5.41) is 0. The number of rotatable bonds is 6. The first-order valence-corrected chi connectivity index (χ1v) is 8.23. The van der Waals surface area contributed by atoms with Gasteiger partial charge in [0.05, 0.1) is 5.75 Å². The van der Waals surface area contributed by atoms with Gasteiger partial charge in [-0.2, -0.15) is 0 Å². The molecule has 3 heteroatoms. The second-order valence-corrected chi connectivity index (χ2v) is 5.92. The van der Waals surface area contributed by atoms with Crippen molar-refractivity contribution >= 4 is 11.8 Å². The lowest BCUT2D eigenvalue weighted by Crippen LogP contribution is -2.03. The van der Waals surface area contributed by atoms with Crippen molar-refractivity contribution in [2.45, 2.75) is 18.1 Å². The lowest BCUT2D eigenvalue weighted by molar-refractivity contribution is 0.756. The smallest absolute Gasteiger partial charge is 0.118 e. The van der Waals surface area contributed by atoms with Gasteiger partial charge in [0.1, 0.15) is 5.82 Å². The molecule has 1 heterocycles. The third-order valence-corrected chi connectivity index (χ3v) is 4.34. The van der Waals surface area contributed by atoms with Crippen LogP contribution in [0.3, 0.4) is 0 Å². The summed E-state index contributed by atoms with van der Waals surface area (Å²) in [4.78, 5) is 4.49. The highest BCUT2D eigenvalue weighted by Crippen LogP contribution is 2.17. The second kappa shape index (κ2) is 7.14. The Bertz CT molecular complexity index is 662. The first-order valence-electron chi connectivity index (χ1n) is 7.07. The number of hydrogen-bond acceptors (Lipinski definition) is 2. The minimum atomic E-state index is 0.891. The van der Waals surface area contributed by atoms with Crippen LogP contribution in [0.4, 0.5) is 0 Å². The summed E-state index contributed by atoms with van der Waals surface area (Å²) in [7, 11) is 0. The molecule has 0 radical (unpaired) electrons. The molecule has 106 valence electrons. The van der Waals surface area contributed by atoms with Gasteiger partial charge in [0, 0.05) is 24.7 Å². The zero-order valence-electron chi connectivity index (χ0n) is 11.9. The predicted octanol–water partition coefficient (Wildman–Crippen LogP) is 4.36. The van der Waals surface area contributed by atoms with E-state index in [4.69, 9.17) is 0 Å². The number of aromatic nitrogens is 2. The van der Waals surface area contributed by atoms with Crippen LogP contribution in [-0.2, 0) is 18.1 Å². The molecule has 0 aliphatic rings. The molecule has 21 heavy (non-hydrogen) atoms. The van der Waals surface area contributed by atoms with E-state index in [0.29, 0.717) is 0 Å². The summed E-state index contributed by atoms with van der Waals surface area (Å²) in [6.45, 7) is 0.891. The summed E-state index contributed by atoms with van der Waals surface area (Å²) in [6, 6.07) is 21.1. The third-order valence-electron chi connectivity index (χ3n) is 3.34. The Morgan fingerprint density at radius 2 is 1.48 bits per heavy atom. The van der Waals surface area contributed by atoms with E-state index in [-0.39, 0.29) is 0 Å². The fraction of sp³-hybridized carbons (Fsp3) is 0.167. The molecule has 0 saturated carbocycles. The Morgan fingerprint density at radius 3 is 2.19 bits per heavy atom. The molecule has 0 N–H and O–H groups in total. The lowest BCUT2D eigenvalue weighted by Gasteiger charge is -2.08. The maximum Gasteiger partial charge on any atom is 0.118 e. The number of hydrogen-bond donors (Lipinski definition) is 0. The highest BCUT2D eigenvalue weighted by Gasteiger charge is 2.04. The number of benzene rings is 2. The van der Waals surface area contributed by atoms with E-state index in [0.717, 1.165) is 23.9 Å². The first kappa shape index (κ1) is 14.0. The van der Waals surface area contributed by atoms with Crippen LogP contribution in [0.2, 0.25) is 0 Å². The quantitative estimate of drug-likeness (QED) is 0.672. The van der Waals surface area contributed by atoms with Crippen LogP contribution in [0, 0.1) is 0 Å². The van der Waals surface area contributed by atoms with Crippen molar-refractivity contribution in [1.29, 1.82) is 0 Å². The van der Waals surface area contributed by atoms with Gasteiger partial charge in [0.25, 0.3) is 0 Å². The molecule has 0 spiro atoms. The van der Waals surface area contributed by atoms with Gasteiger partial charge in [-0.05, 0) is 11.1 Å². The Balaban J connectivity index is 1.58. The Morgan fingerprint density at radius 1 is 0.810 bits per heavy atom. The predicted molar refractivity (Wildman–Crippen MR) is 89.2 cm³/mol. The molecule has 0 unspecified atom stereocenters. The van der Waals surface area contributed by atoms with Crippen LogP contribution in [-0.4, -0.2) is 9.55 Å². The maximum absolute atomic E-state index is 4.49. The van der Waals surface area contributed by atoms with E-state index < -0.39 is 0 Å². The average Bonchev–Trinajstić information content (AvgIpc) is 2.97. The standard InChI is InChI=1S/C18H18N2S/c1-3-7-16(8-4-1)13-20-12-11-19-18(20)15-21-14-17-9-5-2-6-10-17/h1-12H,13-15H2. The molecule has 0 aliphatic carbocycles. The first-order chi connectivity index (χ1) is 10.4. The minimum Gasteiger partial charge on any atom is -0.330 e. The minimum absolute atomic E-state index is 0.891. The second-order valence-electron chi connectivity index (χ2n) is 4.94. The molecule has 0 bridgehead atoms. The van der Waals surface area contributed by atoms with Crippen LogP contribution in [0.5, 0.6) is 0 Å². The van der Waals surface area contributed by atoms with Crippen molar-refractivity contribution < 1.29 is 0 Å². The highest BCUT2D eigenvalue weighted by molar-refractivity contribution is 7.97. The topological polar surface area (TPSA) is 17.8 Å². The lowest BCUT2D eigenvalue weighted by atomic mass is 10.2. The Labute approximate surface area is 129 Å². The van der Waals surface area contributed by atoms with Gasteiger partial charge in [0.15, 0.2) is 0 Å². The van der Waals surface area contributed by atoms with Crippen LogP contribution in [0.1, 0.15) is 17.0 Å². The monoisotopic (exact) mass is 294 g/mol. The molecule has 0 fully saturated rings. The fourth-order valence-corrected chi connectivity index (χ4v) is 3.19. The molecule has 2 aromatic carbocycles. The zero-order valence-corrected chi connectivity index (χ0v) is 12.7. The van der Waals surface area contributed by atoms with E-state index in [9.17, 15) is 0 Å². The summed E-state index contributed by atoms with van der Waals surface area (Å²) in [6.07, 6.45) is 3.95. The van der Waals surface area contributed by atoms with E-state index in [1.165, 1.54) is 11.1 Å². The van der Waals surface area contributed by atoms with E-state index >= 15 is 0 Å². The van der Waals surface area contributed by atoms with Gasteiger partial charge in [-0.3, -0.25) is 0 Å². The van der Waals surface area contributed by atoms with E-state index in [1.54, 1.807) is 0 Å². The van der Waals surface area contributed by atoms with Gasteiger partial charge < -0.3 is 4.57 Å². The van der Waals surface area contributed by atoms with Crippen LogP contribution in [0.15, 0.2) is 73.1 Å². The van der Waals surface area contributed by atoms with E-state index in [2.05, 4.69) is 70.3 Å². The molecule has 0 aliphatic heterocycles. The SMILES string of the molecule is c1ccc(CSCc2nccn2Cc2ccccc2)cc1. The molecule has 2 nitrogen and oxygen atoms in total. The molecule has 0 atom stereocenters. The van der Waals surface area contributed by atoms with Crippen molar-refractivity contribution in [1.82, 2.24) is 9.55 Å². The number of nitrogens with zero attached hydrogens (tertiary/aromatic N) is 2. The molecule has 0 saturated heterocycles. The van der Waals surface area contributed by atoms with Crippen molar-refractivity contribution in [3.8, 4) is 0 Å². The Kier molecular flexibility index (Phi) is 4.74. The van der Waals surface area contributed by atoms with Crippen molar-refractivity contribution in [2.75, 3.05) is 0 Å². The molecule has 0 amide bonds. The highest BCUT2D eigenvalue weighted by atomic mass is 32.2. The third kappa shape index (κ3) is 3.99. The normalized spacial score (nSPS) is 10.7. The summed E-state index contributed by atoms with van der Waals surface area (Å²) < 4.78 is 2.23. The molecule has 3 aromatic rings. The van der Waals surface area contributed by atoms with Gasteiger partial charge in [-0.15, -0.1) is 11.8 Å². The summed E-state index contributed by atoms with van der Waals surface area (Å²) in [5.41, 5.74) is 2.67. The van der Waals surface area contributed by atoms with Gasteiger partial charge in [-0.25, -0.2) is 4.98 Å². The van der Waals surface area contributed by atoms with Gasteiger partial charge >= 0.3 is 0 Å². The summed E-state index contributed by atoms with van der Waals surface area (Å²) in [5.74, 6) is 3.10. The molecule has 1 aromatic heterocycles. The molecular formula is C18H18N2S. The zero-order chi connectivity index (χ0) is 14.3. The fourth-order valence-electron chi connectivity index (χ4n) is 2.24. The van der Waals surface area contributed by atoms with Gasteiger partial charge in [-0.1, -0.05) is 60.7 Å². The van der Waals surface area contributed by atoms with Crippen LogP contribution in [0.25, 0.3) is 0 Å². The summed E-state index contributed by atoms with van der Waals surface area (Å²) >= 11 is 1.91. The number of imidazole rings is 1. The van der Waals surface area contributed by atoms with Gasteiger partial charge in [0.2, 0.25) is 0 Å².